The number of carbonyl (C=O) groups excluding carboxylic acids is 1. The van der Waals surface area contributed by atoms with Crippen LogP contribution in [0.2, 0.25) is 0 Å². The summed E-state index contributed by atoms with van der Waals surface area (Å²) in [5.74, 6) is -0.461. The van der Waals surface area contributed by atoms with Crippen LogP contribution in [0.4, 0.5) is 4.39 Å². The summed E-state index contributed by atoms with van der Waals surface area (Å²) in [6, 6.07) is 14.0. The predicted octanol–water partition coefficient (Wildman–Crippen LogP) is 3.22. The molecule has 4 nitrogen and oxygen atoms in total. The lowest BCUT2D eigenvalue weighted by molar-refractivity contribution is -0.121. The van der Waals surface area contributed by atoms with Crippen LogP contribution in [0.1, 0.15) is 23.1 Å². The molecule has 1 amide bonds. The molecule has 1 heterocycles. The minimum atomic E-state index is -0.323. The standard InChI is InChI=1S/C20H19FN2O2/c1-13-10-15-8-6-14(11-18(15)23-20(13)25)7-9-19(24)22-12-16-4-2-3-5-17(16)21/h2-6,8,10-11H,7,9,12H2,1H3,(H,22,24)(H,23,25). The highest BCUT2D eigenvalue weighted by Crippen LogP contribution is 2.14. The van der Waals surface area contributed by atoms with Gasteiger partial charge in [-0.3, -0.25) is 9.59 Å². The zero-order valence-electron chi connectivity index (χ0n) is 13.9. The smallest absolute Gasteiger partial charge is 0.251 e. The number of hydrogen-bond donors (Lipinski definition) is 2. The Balaban J connectivity index is 1.60. The molecule has 3 rings (SSSR count). The van der Waals surface area contributed by atoms with E-state index in [0.29, 0.717) is 24.0 Å². The fraction of sp³-hybridized carbons (Fsp3) is 0.200. The number of H-pyrrole nitrogens is 1. The Labute approximate surface area is 144 Å². The number of benzene rings is 2. The van der Waals surface area contributed by atoms with Crippen LogP contribution in [0.25, 0.3) is 10.9 Å². The zero-order chi connectivity index (χ0) is 17.8. The van der Waals surface area contributed by atoms with Gasteiger partial charge in [0.15, 0.2) is 0 Å². The second kappa shape index (κ2) is 7.30. The van der Waals surface area contributed by atoms with E-state index in [-0.39, 0.29) is 23.8 Å². The van der Waals surface area contributed by atoms with E-state index in [1.54, 1.807) is 25.1 Å². The summed E-state index contributed by atoms with van der Waals surface area (Å²) < 4.78 is 13.5. The Morgan fingerprint density at radius 2 is 1.96 bits per heavy atom. The number of aromatic nitrogens is 1. The number of fused-ring (bicyclic) bond motifs is 1. The summed E-state index contributed by atoms with van der Waals surface area (Å²) in [6.45, 7) is 1.95. The molecule has 128 valence electrons. The molecule has 2 N–H and O–H groups in total. The summed E-state index contributed by atoms with van der Waals surface area (Å²) in [6.07, 6.45) is 0.852. The van der Waals surface area contributed by atoms with Gasteiger partial charge < -0.3 is 10.3 Å². The lowest BCUT2D eigenvalue weighted by Gasteiger charge is -2.07. The minimum Gasteiger partial charge on any atom is -0.352 e. The van der Waals surface area contributed by atoms with E-state index in [2.05, 4.69) is 10.3 Å². The van der Waals surface area contributed by atoms with Gasteiger partial charge in [0, 0.05) is 29.6 Å². The number of aryl methyl sites for hydroxylation is 2. The van der Waals surface area contributed by atoms with Gasteiger partial charge in [-0.25, -0.2) is 4.39 Å². The first-order valence-corrected chi connectivity index (χ1v) is 8.15. The van der Waals surface area contributed by atoms with Crippen molar-refractivity contribution in [3.05, 3.63) is 81.4 Å². The fourth-order valence-electron chi connectivity index (χ4n) is 2.69. The predicted molar refractivity (Wildman–Crippen MR) is 95.9 cm³/mol. The van der Waals surface area contributed by atoms with Crippen LogP contribution in [0.5, 0.6) is 0 Å². The molecule has 0 saturated heterocycles. The second-order valence-corrected chi connectivity index (χ2v) is 6.07. The first kappa shape index (κ1) is 16.9. The van der Waals surface area contributed by atoms with E-state index in [1.165, 1.54) is 6.07 Å². The van der Waals surface area contributed by atoms with Gasteiger partial charge in [-0.1, -0.05) is 30.3 Å². The molecule has 0 fully saturated rings. The lowest BCUT2D eigenvalue weighted by Crippen LogP contribution is -2.23. The molecule has 0 radical (unpaired) electrons. The van der Waals surface area contributed by atoms with Crippen molar-refractivity contribution in [2.75, 3.05) is 0 Å². The number of rotatable bonds is 5. The van der Waals surface area contributed by atoms with Gasteiger partial charge in [-0.15, -0.1) is 0 Å². The normalized spacial score (nSPS) is 10.8. The summed E-state index contributed by atoms with van der Waals surface area (Å²) in [4.78, 5) is 26.5. The number of hydrogen-bond acceptors (Lipinski definition) is 2. The summed E-state index contributed by atoms with van der Waals surface area (Å²) in [7, 11) is 0. The summed E-state index contributed by atoms with van der Waals surface area (Å²) in [5, 5.41) is 3.69. The van der Waals surface area contributed by atoms with Gasteiger partial charge in [-0.2, -0.15) is 0 Å². The number of pyridine rings is 1. The van der Waals surface area contributed by atoms with E-state index in [4.69, 9.17) is 0 Å². The van der Waals surface area contributed by atoms with Crippen LogP contribution in [-0.4, -0.2) is 10.9 Å². The van der Waals surface area contributed by atoms with E-state index in [0.717, 1.165) is 16.5 Å². The molecule has 0 aliphatic carbocycles. The number of halogens is 1. The highest BCUT2D eigenvalue weighted by Gasteiger charge is 2.06. The maximum Gasteiger partial charge on any atom is 0.251 e. The van der Waals surface area contributed by atoms with Gasteiger partial charge in [0.05, 0.1) is 0 Å². The average Bonchev–Trinajstić information content (AvgIpc) is 2.60. The highest BCUT2D eigenvalue weighted by molar-refractivity contribution is 5.80. The van der Waals surface area contributed by atoms with Gasteiger partial charge in [0.1, 0.15) is 5.82 Å². The third-order valence-electron chi connectivity index (χ3n) is 4.17. The number of aromatic amines is 1. The molecule has 2 aromatic carbocycles. The van der Waals surface area contributed by atoms with Crippen LogP contribution < -0.4 is 10.9 Å². The molecule has 3 aromatic rings. The molecule has 0 bridgehead atoms. The third-order valence-corrected chi connectivity index (χ3v) is 4.17. The SMILES string of the molecule is Cc1cc2ccc(CCC(=O)NCc3ccccc3F)cc2[nH]c1=O. The molecule has 1 aromatic heterocycles. The quantitative estimate of drug-likeness (QED) is 0.750. The maximum atomic E-state index is 13.5. The minimum absolute atomic E-state index is 0.104. The van der Waals surface area contributed by atoms with Crippen LogP contribution in [0.15, 0.2) is 53.3 Å². The number of nitrogens with one attached hydrogen (secondary N) is 2. The Hall–Kier alpha value is -2.95. The largest absolute Gasteiger partial charge is 0.352 e. The highest BCUT2D eigenvalue weighted by atomic mass is 19.1. The van der Waals surface area contributed by atoms with Crippen molar-refractivity contribution in [3.63, 3.8) is 0 Å². The zero-order valence-corrected chi connectivity index (χ0v) is 13.9. The topological polar surface area (TPSA) is 62.0 Å². The van der Waals surface area contributed by atoms with Crippen molar-refractivity contribution < 1.29 is 9.18 Å². The molecule has 0 unspecified atom stereocenters. The first-order valence-electron chi connectivity index (χ1n) is 8.15. The van der Waals surface area contributed by atoms with E-state index >= 15 is 0 Å². The Morgan fingerprint density at radius 3 is 2.76 bits per heavy atom. The van der Waals surface area contributed by atoms with Gasteiger partial charge in [-0.05, 0) is 42.5 Å². The molecular formula is C20H19FN2O2. The Kier molecular flexibility index (Phi) is 4.93. The van der Waals surface area contributed by atoms with Crippen molar-refractivity contribution in [3.8, 4) is 0 Å². The summed E-state index contributed by atoms with van der Waals surface area (Å²) in [5.41, 5.74) is 2.77. The van der Waals surface area contributed by atoms with Crippen LogP contribution in [0, 0.1) is 12.7 Å². The molecule has 0 saturated carbocycles. The maximum absolute atomic E-state index is 13.5. The molecule has 0 aliphatic heterocycles. The summed E-state index contributed by atoms with van der Waals surface area (Å²) >= 11 is 0. The van der Waals surface area contributed by atoms with Crippen molar-refractivity contribution >= 4 is 16.8 Å². The van der Waals surface area contributed by atoms with Crippen LogP contribution in [-0.2, 0) is 17.8 Å². The van der Waals surface area contributed by atoms with Gasteiger partial charge in [0.25, 0.3) is 5.56 Å². The van der Waals surface area contributed by atoms with Crippen molar-refractivity contribution in [1.82, 2.24) is 10.3 Å². The van der Waals surface area contributed by atoms with E-state index < -0.39 is 0 Å². The fourth-order valence-corrected chi connectivity index (χ4v) is 2.69. The van der Waals surface area contributed by atoms with Gasteiger partial charge in [0.2, 0.25) is 5.91 Å². The first-order chi connectivity index (χ1) is 12.0. The monoisotopic (exact) mass is 338 g/mol. The van der Waals surface area contributed by atoms with Crippen LogP contribution in [0.3, 0.4) is 0 Å². The molecule has 5 heteroatoms. The third kappa shape index (κ3) is 4.12. The Bertz CT molecular complexity index is 979. The van der Waals surface area contributed by atoms with Gasteiger partial charge >= 0.3 is 0 Å². The molecule has 0 aliphatic rings. The van der Waals surface area contributed by atoms with Crippen molar-refractivity contribution in [2.45, 2.75) is 26.3 Å². The van der Waals surface area contributed by atoms with E-state index in [1.807, 2.05) is 24.3 Å². The van der Waals surface area contributed by atoms with E-state index in [9.17, 15) is 14.0 Å². The number of amides is 1. The van der Waals surface area contributed by atoms with Crippen molar-refractivity contribution in [2.24, 2.45) is 0 Å². The Morgan fingerprint density at radius 1 is 1.16 bits per heavy atom. The molecule has 0 atom stereocenters. The number of carbonyl (C=O) groups is 1. The molecule has 25 heavy (non-hydrogen) atoms. The molecular weight excluding hydrogens is 319 g/mol. The second-order valence-electron chi connectivity index (χ2n) is 6.07. The van der Waals surface area contributed by atoms with Crippen LogP contribution >= 0.6 is 0 Å². The average molecular weight is 338 g/mol. The van der Waals surface area contributed by atoms with Crippen molar-refractivity contribution in [1.29, 1.82) is 0 Å². The molecule has 0 spiro atoms. The lowest BCUT2D eigenvalue weighted by atomic mass is 10.1.